The molecule has 0 aliphatic heterocycles. The van der Waals surface area contributed by atoms with Gasteiger partial charge in [-0.25, -0.2) is 0 Å². The summed E-state index contributed by atoms with van der Waals surface area (Å²) in [6.45, 7) is 0. The summed E-state index contributed by atoms with van der Waals surface area (Å²) in [6, 6.07) is 18.2. The molecule has 0 aromatic heterocycles. The van der Waals surface area contributed by atoms with Crippen LogP contribution in [0.25, 0.3) is 0 Å². The van der Waals surface area contributed by atoms with Crippen LogP contribution >= 0.6 is 27.7 Å². The fourth-order valence-electron chi connectivity index (χ4n) is 2.81. The third-order valence-electron chi connectivity index (χ3n) is 4.07. The predicted molar refractivity (Wildman–Crippen MR) is 105 cm³/mol. The fourth-order valence-corrected chi connectivity index (χ4v) is 3.72. The second kappa shape index (κ2) is 10.2. The zero-order valence-corrected chi connectivity index (χ0v) is 16.3. The van der Waals surface area contributed by atoms with E-state index in [4.69, 9.17) is 4.74 Å². The van der Waals surface area contributed by atoms with Crippen molar-refractivity contribution in [3.05, 3.63) is 70.8 Å². The first-order valence-corrected chi connectivity index (χ1v) is 10.4. The minimum absolute atomic E-state index is 0.205. The Kier molecular flexibility index (Phi) is 8.21. The maximum Gasteiger partial charge on any atom is 0.0652 e. The summed E-state index contributed by atoms with van der Waals surface area (Å²) in [6.07, 6.45) is 5.35. The molecule has 123 valence electrons. The maximum absolute atomic E-state index is 5.76. The van der Waals surface area contributed by atoms with Gasteiger partial charge in [-0.2, -0.15) is 11.8 Å². The summed E-state index contributed by atoms with van der Waals surface area (Å²) in [5, 5.41) is 0.862. The zero-order chi connectivity index (χ0) is 16.5. The summed E-state index contributed by atoms with van der Waals surface area (Å²) >= 11 is 5.49. The van der Waals surface area contributed by atoms with E-state index in [0.29, 0.717) is 0 Å². The van der Waals surface area contributed by atoms with Crippen LogP contribution in [-0.2, 0) is 29.3 Å². The molecule has 0 saturated heterocycles. The fraction of sp³-hybridized carbons (Fsp3) is 0.400. The van der Waals surface area contributed by atoms with Crippen molar-refractivity contribution >= 4 is 27.7 Å². The van der Waals surface area contributed by atoms with Crippen LogP contribution < -0.4 is 0 Å². The van der Waals surface area contributed by atoms with Crippen molar-refractivity contribution in [2.24, 2.45) is 0 Å². The lowest BCUT2D eigenvalue weighted by Crippen LogP contribution is -2.19. The monoisotopic (exact) mass is 391 g/mol. The van der Waals surface area contributed by atoms with E-state index >= 15 is 0 Å². The summed E-state index contributed by atoms with van der Waals surface area (Å²) in [5.74, 6) is 1.14. The minimum atomic E-state index is 0.205. The molecule has 1 radical (unpaired) electrons. The first-order chi connectivity index (χ1) is 11.3. The highest BCUT2D eigenvalue weighted by atomic mass is 79.9. The molecule has 0 amide bonds. The van der Waals surface area contributed by atoms with Gasteiger partial charge in [0.1, 0.15) is 0 Å². The third-order valence-corrected chi connectivity index (χ3v) is 5.24. The van der Waals surface area contributed by atoms with Crippen LogP contribution in [0, 0.1) is 6.07 Å². The molecular weight excluding hydrogens is 368 g/mol. The number of rotatable bonds is 9. The molecule has 0 heterocycles. The van der Waals surface area contributed by atoms with Crippen molar-refractivity contribution in [1.82, 2.24) is 0 Å². The van der Waals surface area contributed by atoms with E-state index in [1.54, 1.807) is 0 Å². The zero-order valence-electron chi connectivity index (χ0n) is 13.8. The third kappa shape index (κ3) is 5.66. The van der Waals surface area contributed by atoms with Crippen molar-refractivity contribution in [1.29, 1.82) is 0 Å². The van der Waals surface area contributed by atoms with Gasteiger partial charge in [-0.15, -0.1) is 0 Å². The molecule has 0 bridgehead atoms. The van der Waals surface area contributed by atoms with Crippen molar-refractivity contribution in [2.45, 2.75) is 30.7 Å². The van der Waals surface area contributed by atoms with Crippen LogP contribution in [-0.4, -0.2) is 25.2 Å². The highest BCUT2D eigenvalue weighted by Gasteiger charge is 2.14. The molecule has 2 aromatic rings. The molecule has 3 heteroatoms. The van der Waals surface area contributed by atoms with Crippen LogP contribution in [0.1, 0.15) is 22.3 Å². The molecule has 0 aliphatic carbocycles. The lowest BCUT2D eigenvalue weighted by atomic mass is 9.93. The Labute approximate surface area is 153 Å². The van der Waals surface area contributed by atoms with E-state index in [2.05, 4.69) is 64.7 Å². The molecule has 0 fully saturated rings. The van der Waals surface area contributed by atoms with Gasteiger partial charge >= 0.3 is 0 Å². The summed E-state index contributed by atoms with van der Waals surface area (Å²) in [4.78, 5) is 0. The van der Waals surface area contributed by atoms with Crippen LogP contribution in [0.3, 0.4) is 0 Å². The molecule has 0 saturated carbocycles. The van der Waals surface area contributed by atoms with Crippen molar-refractivity contribution < 1.29 is 4.74 Å². The van der Waals surface area contributed by atoms with E-state index < -0.39 is 0 Å². The predicted octanol–water partition coefficient (Wildman–Crippen LogP) is 5.09. The Hall–Kier alpha value is -0.770. The van der Waals surface area contributed by atoms with Crippen LogP contribution in [0.5, 0.6) is 0 Å². The molecule has 0 N–H and O–H groups in total. The smallest absolute Gasteiger partial charge is 0.0652 e. The molecule has 1 atom stereocenters. The van der Waals surface area contributed by atoms with Crippen molar-refractivity contribution in [3.63, 3.8) is 0 Å². The Morgan fingerprint density at radius 1 is 1.17 bits per heavy atom. The van der Waals surface area contributed by atoms with Crippen molar-refractivity contribution in [3.8, 4) is 0 Å². The van der Waals surface area contributed by atoms with Gasteiger partial charge in [0.25, 0.3) is 0 Å². The summed E-state index contributed by atoms with van der Waals surface area (Å²) in [7, 11) is 1.82. The first-order valence-electron chi connectivity index (χ1n) is 7.91. The SMILES string of the molecule is COC(Cc1ccccc1)Cc1cc[c]c(CBr)c1CCSC. The van der Waals surface area contributed by atoms with E-state index in [0.717, 1.165) is 30.3 Å². The summed E-state index contributed by atoms with van der Waals surface area (Å²) < 4.78 is 5.76. The molecule has 2 aromatic carbocycles. The Morgan fingerprint density at radius 2 is 1.96 bits per heavy atom. The number of methoxy groups -OCH3 is 1. The van der Waals surface area contributed by atoms with Gasteiger partial charge in [-0.05, 0) is 59.6 Å². The number of hydrogen-bond acceptors (Lipinski definition) is 2. The first kappa shape index (κ1) is 18.6. The normalized spacial score (nSPS) is 12.3. The van der Waals surface area contributed by atoms with E-state index in [1.807, 2.05) is 24.9 Å². The lowest BCUT2D eigenvalue weighted by molar-refractivity contribution is 0.103. The standard InChI is InChI=1S/C20H24BrOS/c1-22-19(13-16-7-4-3-5-8-16)14-17-9-6-10-18(15-21)20(17)11-12-23-2/h3-9,19H,11-15H2,1-2H3. The number of hydrogen-bond donors (Lipinski definition) is 0. The largest absolute Gasteiger partial charge is 0.381 e. The molecular formula is C20H24BrOS. The van der Waals surface area contributed by atoms with Gasteiger partial charge in [0.2, 0.25) is 0 Å². The van der Waals surface area contributed by atoms with Crippen LogP contribution in [0.15, 0.2) is 42.5 Å². The second-order valence-electron chi connectivity index (χ2n) is 5.59. The number of halogens is 1. The number of alkyl halides is 1. The second-order valence-corrected chi connectivity index (χ2v) is 7.13. The van der Waals surface area contributed by atoms with Gasteiger partial charge < -0.3 is 4.74 Å². The lowest BCUT2D eigenvalue weighted by Gasteiger charge is -2.19. The molecule has 0 spiro atoms. The number of ether oxygens (including phenoxy) is 1. The molecule has 1 unspecified atom stereocenters. The van der Waals surface area contributed by atoms with Gasteiger partial charge in [0.15, 0.2) is 0 Å². The van der Waals surface area contributed by atoms with Gasteiger partial charge in [0, 0.05) is 12.4 Å². The van der Waals surface area contributed by atoms with Crippen LogP contribution in [0.2, 0.25) is 0 Å². The number of benzene rings is 2. The number of thioether (sulfide) groups is 1. The molecule has 23 heavy (non-hydrogen) atoms. The van der Waals surface area contributed by atoms with Gasteiger partial charge in [-0.3, -0.25) is 0 Å². The van der Waals surface area contributed by atoms with E-state index in [-0.39, 0.29) is 6.10 Å². The quantitative estimate of drug-likeness (QED) is 0.550. The average molecular weight is 392 g/mol. The molecule has 2 rings (SSSR count). The molecule has 0 aliphatic rings. The van der Waals surface area contributed by atoms with Crippen molar-refractivity contribution in [2.75, 3.05) is 19.1 Å². The minimum Gasteiger partial charge on any atom is -0.381 e. The molecule has 1 nitrogen and oxygen atoms in total. The maximum atomic E-state index is 5.76. The highest BCUT2D eigenvalue weighted by Crippen LogP contribution is 2.22. The summed E-state index contributed by atoms with van der Waals surface area (Å²) in [5.41, 5.74) is 5.45. The van der Waals surface area contributed by atoms with Crippen LogP contribution in [0.4, 0.5) is 0 Å². The average Bonchev–Trinajstić information content (AvgIpc) is 2.60. The highest BCUT2D eigenvalue weighted by molar-refractivity contribution is 9.08. The Morgan fingerprint density at radius 3 is 2.61 bits per heavy atom. The van der Waals surface area contributed by atoms with E-state index in [1.165, 1.54) is 22.3 Å². The Bertz CT molecular complexity index is 585. The topological polar surface area (TPSA) is 9.23 Å². The van der Waals surface area contributed by atoms with E-state index in [9.17, 15) is 0 Å². The van der Waals surface area contributed by atoms with Gasteiger partial charge in [-0.1, -0.05) is 58.4 Å². The van der Waals surface area contributed by atoms with Gasteiger partial charge in [0.05, 0.1) is 6.10 Å². The Balaban J connectivity index is 2.16.